The van der Waals surface area contributed by atoms with Gasteiger partial charge in [-0.1, -0.05) is 41.9 Å². The van der Waals surface area contributed by atoms with E-state index in [2.05, 4.69) is 34.6 Å². The normalized spacial score (nSPS) is 17.4. The number of nitrogens with zero attached hydrogens (tertiary/aromatic N) is 3. The van der Waals surface area contributed by atoms with Gasteiger partial charge in [-0.15, -0.1) is 0 Å². The topological polar surface area (TPSA) is 38.8 Å². The van der Waals surface area contributed by atoms with E-state index in [0.29, 0.717) is 23.7 Å². The summed E-state index contributed by atoms with van der Waals surface area (Å²) in [7, 11) is 0. The van der Waals surface area contributed by atoms with Crippen LogP contribution >= 0.6 is 11.6 Å². The number of hydrogen-bond acceptors (Lipinski definition) is 4. The van der Waals surface area contributed by atoms with Gasteiger partial charge in [-0.25, -0.2) is 4.39 Å². The van der Waals surface area contributed by atoms with Crippen molar-refractivity contribution in [3.8, 4) is 0 Å². The molecular weight excluding hydrogens is 403 g/mol. The number of hydrazine groups is 1. The zero-order chi connectivity index (χ0) is 21.1. The molecule has 0 bridgehead atoms. The van der Waals surface area contributed by atoms with Gasteiger partial charge in [0.25, 0.3) is 0 Å². The molecular formula is C23H26ClFN4O. The maximum Gasteiger partial charge on any atom is 0.228 e. The number of anilines is 1. The highest BCUT2D eigenvalue weighted by Gasteiger charge is 2.26. The minimum Gasteiger partial charge on any atom is -0.340 e. The molecule has 7 heteroatoms. The second-order valence-corrected chi connectivity index (χ2v) is 8.28. The summed E-state index contributed by atoms with van der Waals surface area (Å²) in [4.78, 5) is 17.2. The largest absolute Gasteiger partial charge is 0.340 e. The summed E-state index contributed by atoms with van der Waals surface area (Å²) in [6, 6.07) is 14.7. The fourth-order valence-electron chi connectivity index (χ4n) is 3.93. The fourth-order valence-corrected chi connectivity index (χ4v) is 4.20. The highest BCUT2D eigenvalue weighted by atomic mass is 35.5. The average molecular weight is 429 g/mol. The molecule has 2 aromatic rings. The summed E-state index contributed by atoms with van der Waals surface area (Å²) in [6.07, 6.45) is 0.333. The Balaban J connectivity index is 1.29. The summed E-state index contributed by atoms with van der Waals surface area (Å²) in [5, 5.41) is 2.20. The van der Waals surface area contributed by atoms with Gasteiger partial charge in [-0.3, -0.25) is 14.7 Å². The molecule has 0 aliphatic carbocycles. The van der Waals surface area contributed by atoms with Crippen LogP contribution in [0.3, 0.4) is 0 Å². The van der Waals surface area contributed by atoms with Gasteiger partial charge in [-0.2, -0.15) is 0 Å². The lowest BCUT2D eigenvalue weighted by molar-refractivity contribution is -0.132. The van der Waals surface area contributed by atoms with Gasteiger partial charge in [0.05, 0.1) is 23.7 Å². The molecule has 5 nitrogen and oxygen atoms in total. The molecule has 1 N–H and O–H groups in total. The summed E-state index contributed by atoms with van der Waals surface area (Å²) < 4.78 is 13.3. The van der Waals surface area contributed by atoms with Crippen molar-refractivity contribution in [2.24, 2.45) is 0 Å². The SMILES string of the molecule is CC1=C(CC(=O)N2CCN(Cc3ccccc3)CC2)NN(c2ccc(F)cc2Cl)C1. The Morgan fingerprint density at radius 3 is 2.53 bits per heavy atom. The molecule has 30 heavy (non-hydrogen) atoms. The lowest BCUT2D eigenvalue weighted by atomic mass is 10.1. The maximum absolute atomic E-state index is 13.3. The molecule has 0 unspecified atom stereocenters. The molecule has 0 radical (unpaired) electrons. The number of rotatable bonds is 5. The molecule has 0 spiro atoms. The van der Waals surface area contributed by atoms with E-state index in [1.54, 1.807) is 6.07 Å². The second-order valence-electron chi connectivity index (χ2n) is 7.87. The number of benzene rings is 2. The first kappa shape index (κ1) is 20.7. The quantitative estimate of drug-likeness (QED) is 0.786. The number of carbonyl (C=O) groups is 1. The molecule has 0 saturated carbocycles. The third-order valence-corrected chi connectivity index (χ3v) is 5.99. The van der Waals surface area contributed by atoms with Crippen LogP contribution < -0.4 is 10.4 Å². The van der Waals surface area contributed by atoms with E-state index in [1.807, 2.05) is 22.9 Å². The number of nitrogens with one attached hydrogen (secondary N) is 1. The molecule has 2 aliphatic heterocycles. The zero-order valence-electron chi connectivity index (χ0n) is 17.1. The molecule has 0 atom stereocenters. The maximum atomic E-state index is 13.3. The number of halogens is 2. The van der Waals surface area contributed by atoms with E-state index in [1.165, 1.54) is 17.7 Å². The Kier molecular flexibility index (Phi) is 6.25. The highest BCUT2D eigenvalue weighted by molar-refractivity contribution is 6.33. The predicted octanol–water partition coefficient (Wildman–Crippen LogP) is 3.81. The van der Waals surface area contributed by atoms with E-state index >= 15 is 0 Å². The van der Waals surface area contributed by atoms with Gasteiger partial charge in [0.1, 0.15) is 5.82 Å². The van der Waals surface area contributed by atoms with Crippen molar-refractivity contribution in [3.63, 3.8) is 0 Å². The van der Waals surface area contributed by atoms with Gasteiger partial charge < -0.3 is 10.3 Å². The van der Waals surface area contributed by atoms with Crippen LogP contribution in [-0.4, -0.2) is 48.4 Å². The van der Waals surface area contributed by atoms with Crippen molar-refractivity contribution in [3.05, 3.63) is 76.2 Å². The molecule has 4 rings (SSSR count). The smallest absolute Gasteiger partial charge is 0.228 e. The molecule has 2 heterocycles. The van der Waals surface area contributed by atoms with E-state index in [0.717, 1.165) is 44.0 Å². The van der Waals surface area contributed by atoms with Gasteiger partial charge in [0, 0.05) is 38.4 Å². The lowest BCUT2D eigenvalue weighted by Gasteiger charge is -2.35. The van der Waals surface area contributed by atoms with Crippen LogP contribution in [0.2, 0.25) is 5.02 Å². The Morgan fingerprint density at radius 1 is 1.10 bits per heavy atom. The number of amides is 1. The molecule has 1 saturated heterocycles. The minimum absolute atomic E-state index is 0.128. The van der Waals surface area contributed by atoms with Gasteiger partial charge in [0.15, 0.2) is 0 Å². The average Bonchev–Trinajstić information content (AvgIpc) is 3.09. The third kappa shape index (κ3) is 4.77. The van der Waals surface area contributed by atoms with Crippen LogP contribution in [0.15, 0.2) is 59.8 Å². The summed E-state index contributed by atoms with van der Waals surface area (Å²) in [5.41, 5.74) is 7.26. The molecule has 158 valence electrons. The van der Waals surface area contributed by atoms with E-state index in [9.17, 15) is 9.18 Å². The molecule has 1 amide bonds. The number of carbonyl (C=O) groups excluding carboxylic acids is 1. The molecule has 2 aromatic carbocycles. The number of hydrogen-bond donors (Lipinski definition) is 1. The Labute approximate surface area is 181 Å². The van der Waals surface area contributed by atoms with Gasteiger partial charge in [-0.05, 0) is 36.3 Å². The van der Waals surface area contributed by atoms with Crippen LogP contribution in [0, 0.1) is 5.82 Å². The number of piperazine rings is 1. The summed E-state index contributed by atoms with van der Waals surface area (Å²) >= 11 is 6.18. The van der Waals surface area contributed by atoms with Crippen LogP contribution in [0.1, 0.15) is 18.9 Å². The lowest BCUT2D eigenvalue weighted by Crippen LogP contribution is -2.48. The van der Waals surface area contributed by atoms with Crippen LogP contribution in [0.5, 0.6) is 0 Å². The van der Waals surface area contributed by atoms with E-state index in [-0.39, 0.29) is 11.7 Å². The first-order chi connectivity index (χ1) is 14.5. The van der Waals surface area contributed by atoms with Crippen molar-refractivity contribution >= 4 is 23.2 Å². The van der Waals surface area contributed by atoms with Crippen molar-refractivity contribution in [1.29, 1.82) is 0 Å². The van der Waals surface area contributed by atoms with E-state index < -0.39 is 0 Å². The monoisotopic (exact) mass is 428 g/mol. The van der Waals surface area contributed by atoms with Crippen molar-refractivity contribution in [1.82, 2.24) is 15.2 Å². The van der Waals surface area contributed by atoms with Crippen molar-refractivity contribution in [2.45, 2.75) is 19.9 Å². The van der Waals surface area contributed by atoms with E-state index in [4.69, 9.17) is 11.6 Å². The second kappa shape index (κ2) is 9.06. The zero-order valence-corrected chi connectivity index (χ0v) is 17.8. The molecule has 1 fully saturated rings. The van der Waals surface area contributed by atoms with Crippen molar-refractivity contribution in [2.75, 3.05) is 37.7 Å². The summed E-state index contributed by atoms with van der Waals surface area (Å²) in [6.45, 7) is 6.77. The highest BCUT2D eigenvalue weighted by Crippen LogP contribution is 2.29. The van der Waals surface area contributed by atoms with Crippen LogP contribution in [-0.2, 0) is 11.3 Å². The Hall–Kier alpha value is -2.57. The van der Waals surface area contributed by atoms with Crippen LogP contribution in [0.25, 0.3) is 0 Å². The molecule has 2 aliphatic rings. The predicted molar refractivity (Wildman–Crippen MR) is 118 cm³/mol. The Bertz CT molecular complexity index is 941. The van der Waals surface area contributed by atoms with Gasteiger partial charge >= 0.3 is 0 Å². The Morgan fingerprint density at radius 2 is 1.83 bits per heavy atom. The first-order valence-electron chi connectivity index (χ1n) is 10.2. The third-order valence-electron chi connectivity index (χ3n) is 5.68. The minimum atomic E-state index is -0.366. The summed E-state index contributed by atoms with van der Waals surface area (Å²) in [5.74, 6) is -0.238. The first-order valence-corrected chi connectivity index (χ1v) is 10.6. The molecule has 0 aromatic heterocycles. The standard InChI is InChI=1S/C23H26ClFN4O/c1-17-15-29(22-8-7-19(25)13-20(22)24)26-21(17)14-23(30)28-11-9-27(10-12-28)16-18-5-3-2-4-6-18/h2-8,13,26H,9-12,14-16H2,1H3. The van der Waals surface area contributed by atoms with Crippen molar-refractivity contribution < 1.29 is 9.18 Å². The van der Waals surface area contributed by atoms with Gasteiger partial charge in [0.2, 0.25) is 5.91 Å². The van der Waals surface area contributed by atoms with Crippen LogP contribution in [0.4, 0.5) is 10.1 Å². The fraction of sp³-hybridized carbons (Fsp3) is 0.348.